The minimum absolute atomic E-state index is 0.0369. The molecule has 2 aromatic rings. The third-order valence-corrected chi connectivity index (χ3v) is 4.40. The van der Waals surface area contributed by atoms with Gasteiger partial charge in [0.2, 0.25) is 0 Å². The van der Waals surface area contributed by atoms with Crippen LogP contribution in [0, 0.1) is 17.0 Å². The lowest BCUT2D eigenvalue weighted by atomic mass is 10.2. The largest absolute Gasteiger partial charge is 0.379 e. The lowest BCUT2D eigenvalue weighted by Gasteiger charge is -2.29. The maximum atomic E-state index is 11.0. The summed E-state index contributed by atoms with van der Waals surface area (Å²) < 4.78 is 5.37. The molecule has 1 aliphatic rings. The fourth-order valence-electron chi connectivity index (χ4n) is 2.87. The fraction of sp³-hybridized carbons (Fsp3) is 0.444. The highest BCUT2D eigenvalue weighted by Crippen LogP contribution is 2.23. The zero-order valence-electron chi connectivity index (χ0n) is 15.1. The van der Waals surface area contributed by atoms with Gasteiger partial charge in [0, 0.05) is 62.7 Å². The number of aryl methyl sites for hydroxylation is 1. The number of hydrogen-bond donors (Lipinski definition) is 0. The third kappa shape index (κ3) is 4.53. The Labute approximate surface area is 152 Å². The van der Waals surface area contributed by atoms with Crippen LogP contribution < -0.4 is 4.90 Å². The summed E-state index contributed by atoms with van der Waals surface area (Å²) >= 11 is 0. The van der Waals surface area contributed by atoms with Gasteiger partial charge >= 0.3 is 0 Å². The standard InChI is InChI=1S/C18H23N5O3/c1-14-12-17(21(2)6-7-22-8-10-26-11-9-22)20-18(19-14)15-4-3-5-16(13-15)23(24)25/h3-5,12-13H,6-11H2,1-2H3. The monoisotopic (exact) mass is 357 g/mol. The Kier molecular flexibility index (Phi) is 5.75. The van der Waals surface area contributed by atoms with Gasteiger partial charge in [-0.15, -0.1) is 0 Å². The maximum Gasteiger partial charge on any atom is 0.270 e. The van der Waals surface area contributed by atoms with Crippen molar-refractivity contribution in [3.63, 3.8) is 0 Å². The highest BCUT2D eigenvalue weighted by Gasteiger charge is 2.14. The van der Waals surface area contributed by atoms with Crippen LogP contribution in [0.5, 0.6) is 0 Å². The topological polar surface area (TPSA) is 84.6 Å². The number of hydrogen-bond acceptors (Lipinski definition) is 7. The maximum absolute atomic E-state index is 11.0. The number of likely N-dealkylation sites (N-methyl/N-ethyl adjacent to an activating group) is 1. The van der Waals surface area contributed by atoms with Gasteiger partial charge in [0.15, 0.2) is 5.82 Å². The molecule has 26 heavy (non-hydrogen) atoms. The van der Waals surface area contributed by atoms with Gasteiger partial charge in [0.05, 0.1) is 18.1 Å². The highest BCUT2D eigenvalue weighted by atomic mass is 16.6. The summed E-state index contributed by atoms with van der Waals surface area (Å²) in [6, 6.07) is 8.35. The Morgan fingerprint density at radius 2 is 2.04 bits per heavy atom. The Morgan fingerprint density at radius 1 is 1.27 bits per heavy atom. The lowest BCUT2D eigenvalue weighted by molar-refractivity contribution is -0.384. The Hall–Kier alpha value is -2.58. The molecule has 1 aromatic heterocycles. The minimum atomic E-state index is -0.408. The van der Waals surface area contributed by atoms with Crippen LogP contribution in [0.3, 0.4) is 0 Å². The van der Waals surface area contributed by atoms with Crippen LogP contribution in [-0.4, -0.2) is 66.2 Å². The summed E-state index contributed by atoms with van der Waals surface area (Å²) in [6.07, 6.45) is 0. The molecular weight excluding hydrogens is 334 g/mol. The van der Waals surface area contributed by atoms with E-state index in [4.69, 9.17) is 4.74 Å². The van der Waals surface area contributed by atoms with E-state index in [0.29, 0.717) is 11.4 Å². The predicted molar refractivity (Wildman–Crippen MR) is 99.4 cm³/mol. The molecule has 1 aromatic carbocycles. The van der Waals surface area contributed by atoms with E-state index in [1.807, 2.05) is 20.0 Å². The van der Waals surface area contributed by atoms with Gasteiger partial charge in [-0.2, -0.15) is 0 Å². The molecule has 0 atom stereocenters. The van der Waals surface area contributed by atoms with Gasteiger partial charge < -0.3 is 9.64 Å². The first-order valence-electron chi connectivity index (χ1n) is 8.64. The Bertz CT molecular complexity index is 777. The van der Waals surface area contributed by atoms with Crippen LogP contribution in [0.15, 0.2) is 30.3 Å². The van der Waals surface area contributed by atoms with E-state index < -0.39 is 4.92 Å². The van der Waals surface area contributed by atoms with Crippen LogP contribution in [-0.2, 0) is 4.74 Å². The number of non-ortho nitro benzene ring substituents is 1. The van der Waals surface area contributed by atoms with Crippen LogP contribution >= 0.6 is 0 Å². The first kappa shape index (κ1) is 18.2. The van der Waals surface area contributed by atoms with Gasteiger partial charge in [-0.05, 0) is 6.92 Å². The average molecular weight is 357 g/mol. The van der Waals surface area contributed by atoms with Crippen molar-refractivity contribution in [2.75, 3.05) is 51.3 Å². The van der Waals surface area contributed by atoms with Crippen LogP contribution in [0.4, 0.5) is 11.5 Å². The number of nitro groups is 1. The number of anilines is 1. The number of benzene rings is 1. The van der Waals surface area contributed by atoms with Gasteiger partial charge in [0.1, 0.15) is 5.82 Å². The molecule has 2 heterocycles. The van der Waals surface area contributed by atoms with E-state index in [9.17, 15) is 10.1 Å². The molecule has 1 saturated heterocycles. The first-order chi connectivity index (χ1) is 12.5. The molecule has 0 unspecified atom stereocenters. The van der Waals surface area contributed by atoms with Gasteiger partial charge in [-0.1, -0.05) is 12.1 Å². The minimum Gasteiger partial charge on any atom is -0.379 e. The number of aromatic nitrogens is 2. The molecule has 0 spiro atoms. The number of nitrogens with zero attached hydrogens (tertiary/aromatic N) is 5. The smallest absolute Gasteiger partial charge is 0.270 e. The summed E-state index contributed by atoms with van der Waals surface area (Å²) in [6.45, 7) is 7.16. The van der Waals surface area contributed by atoms with Crippen LogP contribution in [0.25, 0.3) is 11.4 Å². The normalized spacial score (nSPS) is 15.0. The van der Waals surface area contributed by atoms with Crippen molar-refractivity contribution in [1.29, 1.82) is 0 Å². The summed E-state index contributed by atoms with van der Waals surface area (Å²) in [7, 11) is 2.00. The van der Waals surface area contributed by atoms with Gasteiger partial charge in [-0.3, -0.25) is 15.0 Å². The van der Waals surface area contributed by atoms with E-state index >= 15 is 0 Å². The van der Waals surface area contributed by atoms with Crippen LogP contribution in [0.2, 0.25) is 0 Å². The molecule has 0 bridgehead atoms. The third-order valence-electron chi connectivity index (χ3n) is 4.40. The van der Waals surface area contributed by atoms with Gasteiger partial charge in [-0.25, -0.2) is 9.97 Å². The van der Waals surface area contributed by atoms with E-state index in [0.717, 1.165) is 50.9 Å². The van der Waals surface area contributed by atoms with E-state index in [1.54, 1.807) is 12.1 Å². The molecule has 0 N–H and O–H groups in total. The molecule has 0 amide bonds. The van der Waals surface area contributed by atoms with Crippen molar-refractivity contribution in [3.8, 4) is 11.4 Å². The summed E-state index contributed by atoms with van der Waals surface area (Å²) in [5.74, 6) is 1.31. The molecule has 0 radical (unpaired) electrons. The van der Waals surface area contributed by atoms with Crippen molar-refractivity contribution >= 4 is 11.5 Å². The van der Waals surface area contributed by atoms with Crippen molar-refractivity contribution in [3.05, 3.63) is 46.1 Å². The fourth-order valence-corrected chi connectivity index (χ4v) is 2.87. The Morgan fingerprint density at radius 3 is 2.77 bits per heavy atom. The molecule has 3 rings (SSSR count). The zero-order valence-corrected chi connectivity index (χ0v) is 15.1. The Balaban J connectivity index is 1.76. The number of ether oxygens (including phenoxy) is 1. The molecule has 0 saturated carbocycles. The summed E-state index contributed by atoms with van der Waals surface area (Å²) in [5, 5.41) is 11.0. The zero-order chi connectivity index (χ0) is 18.5. The first-order valence-corrected chi connectivity index (χ1v) is 8.64. The second-order valence-corrected chi connectivity index (χ2v) is 6.37. The molecule has 0 aliphatic carbocycles. The SMILES string of the molecule is Cc1cc(N(C)CCN2CCOCC2)nc(-c2cccc([N+](=O)[O-])c2)n1. The van der Waals surface area contributed by atoms with Crippen molar-refractivity contribution < 1.29 is 9.66 Å². The highest BCUT2D eigenvalue weighted by molar-refractivity contribution is 5.61. The van der Waals surface area contributed by atoms with Crippen LogP contribution in [0.1, 0.15) is 5.69 Å². The number of nitro benzene ring substituents is 1. The summed E-state index contributed by atoms with van der Waals surface area (Å²) in [5.41, 5.74) is 1.51. The van der Waals surface area contributed by atoms with Crippen molar-refractivity contribution in [1.82, 2.24) is 14.9 Å². The molecular formula is C18H23N5O3. The number of rotatable bonds is 6. The molecule has 8 nitrogen and oxygen atoms in total. The van der Waals surface area contributed by atoms with E-state index in [1.165, 1.54) is 12.1 Å². The molecule has 138 valence electrons. The van der Waals surface area contributed by atoms with E-state index in [-0.39, 0.29) is 5.69 Å². The van der Waals surface area contributed by atoms with E-state index in [2.05, 4.69) is 19.8 Å². The summed E-state index contributed by atoms with van der Waals surface area (Å²) in [4.78, 5) is 24.1. The molecule has 1 aliphatic heterocycles. The number of morpholine rings is 1. The molecule has 8 heteroatoms. The van der Waals surface area contributed by atoms with Crippen molar-refractivity contribution in [2.45, 2.75) is 6.92 Å². The second-order valence-electron chi connectivity index (χ2n) is 6.37. The lowest BCUT2D eigenvalue weighted by Crippen LogP contribution is -2.40. The quantitative estimate of drug-likeness (QED) is 0.578. The average Bonchev–Trinajstić information content (AvgIpc) is 2.66. The van der Waals surface area contributed by atoms with Crippen molar-refractivity contribution in [2.24, 2.45) is 0 Å². The molecule has 1 fully saturated rings. The van der Waals surface area contributed by atoms with Gasteiger partial charge in [0.25, 0.3) is 5.69 Å². The predicted octanol–water partition coefficient (Wildman–Crippen LogP) is 2.13. The second kappa shape index (κ2) is 8.20.